The van der Waals surface area contributed by atoms with Crippen molar-refractivity contribution < 1.29 is 9.59 Å². The van der Waals surface area contributed by atoms with E-state index in [2.05, 4.69) is 17.6 Å². The van der Waals surface area contributed by atoms with Crippen molar-refractivity contribution in [3.05, 3.63) is 29.8 Å². The number of amides is 2. The molecule has 0 radical (unpaired) electrons. The van der Waals surface area contributed by atoms with Crippen LogP contribution in [0.1, 0.15) is 63.2 Å². The Balaban J connectivity index is 2.59. The standard InChI is InChI=1S/C17H26N2O2/c1-4-6-7-11-16(20)19-15-10-8-9-14(12-15)17(21)18-13(3)5-2/h8-10,12-13H,4-7,11H2,1-3H3,(H,18,21)(H,19,20). The molecule has 0 heterocycles. The Morgan fingerprint density at radius 3 is 2.62 bits per heavy atom. The van der Waals surface area contributed by atoms with Crippen LogP contribution in [0, 0.1) is 0 Å². The third-order valence-corrected chi connectivity index (χ3v) is 3.41. The Bertz CT molecular complexity index is 472. The quantitative estimate of drug-likeness (QED) is 0.717. The van der Waals surface area contributed by atoms with Crippen molar-refractivity contribution in [3.8, 4) is 0 Å². The van der Waals surface area contributed by atoms with E-state index in [0.717, 1.165) is 25.7 Å². The zero-order chi connectivity index (χ0) is 15.7. The molecule has 4 nitrogen and oxygen atoms in total. The molecule has 0 spiro atoms. The highest BCUT2D eigenvalue weighted by atomic mass is 16.2. The Labute approximate surface area is 127 Å². The number of anilines is 1. The summed E-state index contributed by atoms with van der Waals surface area (Å²) in [5.41, 5.74) is 1.25. The van der Waals surface area contributed by atoms with Gasteiger partial charge in [-0.15, -0.1) is 0 Å². The lowest BCUT2D eigenvalue weighted by Gasteiger charge is -2.12. The van der Waals surface area contributed by atoms with E-state index < -0.39 is 0 Å². The molecule has 2 amide bonds. The number of nitrogens with one attached hydrogen (secondary N) is 2. The predicted octanol–water partition coefficient (Wildman–Crippen LogP) is 3.73. The summed E-state index contributed by atoms with van der Waals surface area (Å²) >= 11 is 0. The Morgan fingerprint density at radius 1 is 1.19 bits per heavy atom. The number of hydrogen-bond donors (Lipinski definition) is 2. The molecule has 1 unspecified atom stereocenters. The van der Waals surface area contributed by atoms with E-state index in [1.54, 1.807) is 24.3 Å². The van der Waals surface area contributed by atoms with Gasteiger partial charge in [-0.1, -0.05) is 32.8 Å². The molecular formula is C17H26N2O2. The molecule has 1 aromatic rings. The van der Waals surface area contributed by atoms with Gasteiger partial charge < -0.3 is 10.6 Å². The van der Waals surface area contributed by atoms with Crippen LogP contribution in [0.2, 0.25) is 0 Å². The molecule has 0 aliphatic heterocycles. The van der Waals surface area contributed by atoms with Crippen molar-refractivity contribution in [1.82, 2.24) is 5.32 Å². The SMILES string of the molecule is CCCCCC(=O)Nc1cccc(C(=O)NC(C)CC)c1. The highest BCUT2D eigenvalue weighted by molar-refractivity contribution is 5.97. The Hall–Kier alpha value is -1.84. The number of benzene rings is 1. The van der Waals surface area contributed by atoms with Crippen LogP contribution in [0.15, 0.2) is 24.3 Å². The summed E-state index contributed by atoms with van der Waals surface area (Å²) in [5.74, 6) is -0.102. The van der Waals surface area contributed by atoms with Gasteiger partial charge >= 0.3 is 0 Å². The second kappa shape index (κ2) is 9.16. The molecule has 21 heavy (non-hydrogen) atoms. The molecule has 4 heteroatoms. The molecular weight excluding hydrogens is 264 g/mol. The third kappa shape index (κ3) is 6.43. The summed E-state index contributed by atoms with van der Waals surface area (Å²) in [6, 6.07) is 7.20. The van der Waals surface area contributed by atoms with Crippen molar-refractivity contribution in [2.45, 2.75) is 58.9 Å². The van der Waals surface area contributed by atoms with Gasteiger partial charge in [0, 0.05) is 23.7 Å². The van der Waals surface area contributed by atoms with Crippen LogP contribution in [-0.2, 0) is 4.79 Å². The van der Waals surface area contributed by atoms with Gasteiger partial charge in [0.25, 0.3) is 5.91 Å². The molecule has 0 saturated heterocycles. The fourth-order valence-electron chi connectivity index (χ4n) is 1.91. The van der Waals surface area contributed by atoms with Gasteiger partial charge in [-0.05, 0) is 38.0 Å². The van der Waals surface area contributed by atoms with Crippen LogP contribution < -0.4 is 10.6 Å². The molecule has 1 aromatic carbocycles. The second-order valence-electron chi connectivity index (χ2n) is 5.37. The number of unbranched alkanes of at least 4 members (excludes halogenated alkanes) is 2. The highest BCUT2D eigenvalue weighted by Gasteiger charge is 2.09. The van der Waals surface area contributed by atoms with Gasteiger partial charge in [0.05, 0.1) is 0 Å². The average molecular weight is 290 g/mol. The number of hydrogen-bond acceptors (Lipinski definition) is 2. The minimum Gasteiger partial charge on any atom is -0.350 e. The lowest BCUT2D eigenvalue weighted by Crippen LogP contribution is -2.31. The fourth-order valence-corrected chi connectivity index (χ4v) is 1.91. The van der Waals surface area contributed by atoms with Crippen molar-refractivity contribution in [1.29, 1.82) is 0 Å². The van der Waals surface area contributed by atoms with E-state index in [9.17, 15) is 9.59 Å². The maximum atomic E-state index is 12.0. The van der Waals surface area contributed by atoms with Gasteiger partial charge in [0.2, 0.25) is 5.91 Å². The normalized spacial score (nSPS) is 11.8. The van der Waals surface area contributed by atoms with Gasteiger partial charge in [-0.25, -0.2) is 0 Å². The first-order chi connectivity index (χ1) is 10.1. The van der Waals surface area contributed by atoms with Crippen LogP contribution in [-0.4, -0.2) is 17.9 Å². The van der Waals surface area contributed by atoms with Crippen LogP contribution >= 0.6 is 0 Å². The molecule has 2 N–H and O–H groups in total. The molecule has 0 aromatic heterocycles. The Kier molecular flexibility index (Phi) is 7.51. The third-order valence-electron chi connectivity index (χ3n) is 3.41. The summed E-state index contributed by atoms with van der Waals surface area (Å²) < 4.78 is 0. The minimum atomic E-state index is -0.105. The van der Waals surface area contributed by atoms with E-state index >= 15 is 0 Å². The van der Waals surface area contributed by atoms with Crippen LogP contribution in [0.4, 0.5) is 5.69 Å². The molecule has 0 bridgehead atoms. The monoisotopic (exact) mass is 290 g/mol. The fraction of sp³-hybridized carbons (Fsp3) is 0.529. The number of rotatable bonds is 8. The van der Waals surface area contributed by atoms with Gasteiger partial charge in [0.1, 0.15) is 0 Å². The van der Waals surface area contributed by atoms with Crippen molar-refractivity contribution in [3.63, 3.8) is 0 Å². The van der Waals surface area contributed by atoms with E-state index in [1.165, 1.54) is 0 Å². The summed E-state index contributed by atoms with van der Waals surface area (Å²) in [5, 5.41) is 5.76. The predicted molar refractivity (Wildman–Crippen MR) is 86.4 cm³/mol. The second-order valence-corrected chi connectivity index (χ2v) is 5.37. The Morgan fingerprint density at radius 2 is 1.95 bits per heavy atom. The van der Waals surface area contributed by atoms with Crippen molar-refractivity contribution >= 4 is 17.5 Å². The van der Waals surface area contributed by atoms with Crippen LogP contribution in [0.25, 0.3) is 0 Å². The molecule has 1 atom stereocenters. The van der Waals surface area contributed by atoms with Crippen LogP contribution in [0.3, 0.4) is 0 Å². The lowest BCUT2D eigenvalue weighted by atomic mass is 10.1. The number of carbonyl (C=O) groups is 2. The van der Waals surface area contributed by atoms with E-state index in [4.69, 9.17) is 0 Å². The summed E-state index contributed by atoms with van der Waals surface area (Å²) in [6.07, 6.45) is 4.47. The molecule has 0 fully saturated rings. The van der Waals surface area contributed by atoms with E-state index in [0.29, 0.717) is 17.7 Å². The average Bonchev–Trinajstić information content (AvgIpc) is 2.47. The first-order valence-corrected chi connectivity index (χ1v) is 7.77. The topological polar surface area (TPSA) is 58.2 Å². The number of carbonyl (C=O) groups excluding carboxylic acids is 2. The molecule has 1 rings (SSSR count). The molecule has 0 saturated carbocycles. The van der Waals surface area contributed by atoms with Crippen molar-refractivity contribution in [2.24, 2.45) is 0 Å². The summed E-state index contributed by atoms with van der Waals surface area (Å²) in [4.78, 5) is 23.8. The van der Waals surface area contributed by atoms with E-state index in [-0.39, 0.29) is 17.9 Å². The first-order valence-electron chi connectivity index (χ1n) is 7.77. The van der Waals surface area contributed by atoms with Crippen LogP contribution in [0.5, 0.6) is 0 Å². The summed E-state index contributed by atoms with van der Waals surface area (Å²) in [7, 11) is 0. The zero-order valence-corrected chi connectivity index (χ0v) is 13.2. The first kappa shape index (κ1) is 17.2. The molecule has 116 valence electrons. The largest absolute Gasteiger partial charge is 0.350 e. The van der Waals surface area contributed by atoms with Gasteiger partial charge in [-0.2, -0.15) is 0 Å². The maximum absolute atomic E-state index is 12.0. The lowest BCUT2D eigenvalue weighted by molar-refractivity contribution is -0.116. The molecule has 0 aliphatic rings. The van der Waals surface area contributed by atoms with Crippen molar-refractivity contribution in [2.75, 3.05) is 5.32 Å². The van der Waals surface area contributed by atoms with Gasteiger partial charge in [-0.3, -0.25) is 9.59 Å². The highest BCUT2D eigenvalue weighted by Crippen LogP contribution is 2.12. The molecule has 0 aliphatic carbocycles. The smallest absolute Gasteiger partial charge is 0.251 e. The van der Waals surface area contributed by atoms with E-state index in [1.807, 2.05) is 13.8 Å². The zero-order valence-electron chi connectivity index (χ0n) is 13.2. The summed E-state index contributed by atoms with van der Waals surface area (Å²) in [6.45, 7) is 6.10. The maximum Gasteiger partial charge on any atom is 0.251 e. The minimum absolute atomic E-state index is 0.00272. The van der Waals surface area contributed by atoms with Gasteiger partial charge in [0.15, 0.2) is 0 Å².